The van der Waals surface area contributed by atoms with E-state index >= 15 is 0 Å². The summed E-state index contributed by atoms with van der Waals surface area (Å²) >= 11 is 0. The van der Waals surface area contributed by atoms with Crippen molar-refractivity contribution < 1.29 is 9.90 Å². The van der Waals surface area contributed by atoms with Crippen molar-refractivity contribution in [2.45, 2.75) is 6.42 Å². The van der Waals surface area contributed by atoms with E-state index in [1.54, 1.807) is 6.07 Å². The summed E-state index contributed by atoms with van der Waals surface area (Å²) in [6.45, 7) is 0. The molecule has 0 radical (unpaired) electrons. The summed E-state index contributed by atoms with van der Waals surface area (Å²) in [6, 6.07) is 17.7. The Morgan fingerprint density at radius 3 is 2.38 bits per heavy atom. The topological polar surface area (TPSA) is 66.0 Å². The third kappa shape index (κ3) is 4.95. The molecule has 106 valence electrons. The van der Waals surface area contributed by atoms with Gasteiger partial charge in [0.1, 0.15) is 0 Å². The van der Waals surface area contributed by atoms with Crippen molar-refractivity contribution >= 4 is 5.97 Å². The predicted octanol–water partition coefficient (Wildman–Crippen LogP) is 3.39. The zero-order valence-corrected chi connectivity index (χ0v) is 11.4. The fraction of sp³-hybridized carbons (Fsp3) is 0.0588. The number of aromatic carboxylic acids is 1. The van der Waals surface area contributed by atoms with E-state index in [-0.39, 0.29) is 5.56 Å². The lowest BCUT2D eigenvalue weighted by Gasteiger charge is -1.96. The van der Waals surface area contributed by atoms with Gasteiger partial charge in [-0.05, 0) is 29.8 Å². The average molecular weight is 280 g/mol. The Labute approximate surface area is 123 Å². The summed E-state index contributed by atoms with van der Waals surface area (Å²) in [5.74, 6) is -0.942. The van der Waals surface area contributed by atoms with E-state index in [0.29, 0.717) is 0 Å². The summed E-state index contributed by atoms with van der Waals surface area (Å²) in [4.78, 5) is 17.0. The van der Waals surface area contributed by atoms with E-state index in [4.69, 9.17) is 5.11 Å². The summed E-state index contributed by atoms with van der Waals surface area (Å²) in [5.41, 5.74) is 2.83. The molecular formula is C17H16N2O2. The van der Waals surface area contributed by atoms with E-state index in [1.165, 1.54) is 29.7 Å². The Hall–Kier alpha value is -2.88. The number of benzene rings is 1. The van der Waals surface area contributed by atoms with E-state index in [1.807, 2.05) is 18.3 Å². The van der Waals surface area contributed by atoms with Crippen LogP contribution < -0.4 is 0 Å². The van der Waals surface area contributed by atoms with Crippen molar-refractivity contribution in [2.24, 2.45) is 0 Å². The second-order valence-electron chi connectivity index (χ2n) is 4.40. The first-order valence-corrected chi connectivity index (χ1v) is 6.55. The van der Waals surface area contributed by atoms with Crippen LogP contribution in [-0.4, -0.2) is 21.0 Å². The van der Waals surface area contributed by atoms with E-state index in [9.17, 15) is 4.79 Å². The van der Waals surface area contributed by atoms with Gasteiger partial charge in [-0.3, -0.25) is 4.98 Å². The van der Waals surface area contributed by atoms with Gasteiger partial charge in [0.25, 0.3) is 0 Å². The molecule has 2 N–H and O–H groups in total. The smallest absolute Gasteiger partial charge is 0.337 e. The number of carboxylic acid groups (broad SMARTS) is 1. The quantitative estimate of drug-likeness (QED) is 0.773. The van der Waals surface area contributed by atoms with Crippen LogP contribution in [-0.2, 0) is 6.42 Å². The molecule has 21 heavy (non-hydrogen) atoms. The molecule has 0 aliphatic heterocycles. The Kier molecular flexibility index (Phi) is 5.29. The van der Waals surface area contributed by atoms with Gasteiger partial charge in [-0.1, -0.05) is 30.3 Å². The van der Waals surface area contributed by atoms with Crippen molar-refractivity contribution in [2.75, 3.05) is 0 Å². The average Bonchev–Trinajstić information content (AvgIpc) is 3.03. The normalized spacial score (nSPS) is 9.52. The molecule has 0 bridgehead atoms. The molecule has 0 unspecified atom stereocenters. The molecule has 0 saturated heterocycles. The zero-order valence-electron chi connectivity index (χ0n) is 11.4. The zero-order chi connectivity index (χ0) is 14.9. The van der Waals surface area contributed by atoms with Crippen LogP contribution in [0.4, 0.5) is 0 Å². The van der Waals surface area contributed by atoms with Crippen molar-refractivity contribution in [3.63, 3.8) is 0 Å². The highest BCUT2D eigenvalue weighted by atomic mass is 16.4. The van der Waals surface area contributed by atoms with Crippen LogP contribution in [0, 0.1) is 0 Å². The van der Waals surface area contributed by atoms with Gasteiger partial charge in [0, 0.05) is 30.7 Å². The van der Waals surface area contributed by atoms with Gasteiger partial charge in [-0.15, -0.1) is 0 Å². The Morgan fingerprint density at radius 2 is 1.86 bits per heavy atom. The van der Waals surface area contributed by atoms with Crippen LogP contribution >= 0.6 is 0 Å². The fourth-order valence-electron chi connectivity index (χ4n) is 1.78. The molecular weight excluding hydrogens is 264 g/mol. The minimum absolute atomic E-state index is 0.220. The molecule has 0 amide bonds. The third-order valence-corrected chi connectivity index (χ3v) is 2.81. The number of hydrogen-bond acceptors (Lipinski definition) is 2. The van der Waals surface area contributed by atoms with Crippen LogP contribution in [0.3, 0.4) is 0 Å². The molecule has 4 heteroatoms. The first-order chi connectivity index (χ1) is 10.3. The number of carboxylic acids is 1. The Bertz CT molecular complexity index is 650. The number of pyridine rings is 1. The molecule has 2 aromatic heterocycles. The predicted molar refractivity (Wildman–Crippen MR) is 81.2 cm³/mol. The Balaban J connectivity index is 0.000000161. The molecule has 1 aromatic carbocycles. The van der Waals surface area contributed by atoms with Crippen LogP contribution in [0.1, 0.15) is 21.6 Å². The lowest BCUT2D eigenvalue weighted by Crippen LogP contribution is -1.94. The lowest BCUT2D eigenvalue weighted by atomic mass is 10.1. The molecule has 3 aromatic rings. The second kappa shape index (κ2) is 7.65. The van der Waals surface area contributed by atoms with E-state index < -0.39 is 5.97 Å². The van der Waals surface area contributed by atoms with Crippen LogP contribution in [0.2, 0.25) is 0 Å². The summed E-state index contributed by atoms with van der Waals surface area (Å²) in [6.07, 6.45) is 5.79. The molecule has 0 atom stereocenters. The number of H-pyrrole nitrogens is 1. The molecule has 3 rings (SSSR count). The van der Waals surface area contributed by atoms with Gasteiger partial charge in [-0.2, -0.15) is 0 Å². The fourth-order valence-corrected chi connectivity index (χ4v) is 1.78. The number of nitrogens with one attached hydrogen (secondary N) is 1. The molecule has 0 fully saturated rings. The van der Waals surface area contributed by atoms with Crippen molar-refractivity contribution in [1.29, 1.82) is 0 Å². The first-order valence-electron chi connectivity index (χ1n) is 6.55. The number of rotatable bonds is 3. The highest BCUT2D eigenvalue weighted by Gasteiger charge is 1.97. The van der Waals surface area contributed by atoms with Gasteiger partial charge in [0.15, 0.2) is 0 Å². The van der Waals surface area contributed by atoms with Crippen LogP contribution in [0.5, 0.6) is 0 Å². The Morgan fingerprint density at radius 1 is 1.05 bits per heavy atom. The monoisotopic (exact) mass is 280 g/mol. The maximum Gasteiger partial charge on any atom is 0.337 e. The minimum atomic E-state index is -0.942. The van der Waals surface area contributed by atoms with Crippen molar-refractivity contribution in [3.05, 3.63) is 90.0 Å². The molecule has 0 saturated carbocycles. The largest absolute Gasteiger partial charge is 0.478 e. The third-order valence-electron chi connectivity index (χ3n) is 2.81. The van der Waals surface area contributed by atoms with Gasteiger partial charge in [-0.25, -0.2) is 4.79 Å². The highest BCUT2D eigenvalue weighted by molar-refractivity contribution is 5.86. The molecule has 0 spiro atoms. The summed E-state index contributed by atoms with van der Waals surface area (Å²) in [7, 11) is 0. The second-order valence-corrected chi connectivity index (χ2v) is 4.40. The first kappa shape index (κ1) is 14.5. The standard InChI is InChI=1S/C11H11N.C6H5NO2/c1-2-5-10(6-3-1)9-11-7-4-8-12-11;8-6(9)5-2-1-3-7-4-5/h1-8,12H,9H2;1-4H,(H,8,9). The SMILES string of the molecule is O=C(O)c1cccnc1.c1ccc(Cc2ccc[nH]2)cc1. The number of aromatic nitrogens is 2. The summed E-state index contributed by atoms with van der Waals surface area (Å²) < 4.78 is 0. The van der Waals surface area contributed by atoms with Crippen LogP contribution in [0.15, 0.2) is 73.2 Å². The number of nitrogens with zero attached hydrogens (tertiary/aromatic N) is 1. The van der Waals surface area contributed by atoms with Gasteiger partial charge in [0.2, 0.25) is 0 Å². The maximum absolute atomic E-state index is 10.2. The van der Waals surface area contributed by atoms with Gasteiger partial charge in [0.05, 0.1) is 5.56 Å². The van der Waals surface area contributed by atoms with E-state index in [0.717, 1.165) is 6.42 Å². The maximum atomic E-state index is 10.2. The van der Waals surface area contributed by atoms with Crippen LogP contribution in [0.25, 0.3) is 0 Å². The number of hydrogen-bond donors (Lipinski definition) is 2. The van der Waals surface area contributed by atoms with Gasteiger partial charge < -0.3 is 10.1 Å². The molecule has 4 nitrogen and oxygen atoms in total. The molecule has 0 aliphatic rings. The number of carbonyl (C=O) groups is 1. The minimum Gasteiger partial charge on any atom is -0.478 e. The molecule has 0 aliphatic carbocycles. The van der Waals surface area contributed by atoms with E-state index in [2.05, 4.69) is 40.3 Å². The van der Waals surface area contributed by atoms with Gasteiger partial charge >= 0.3 is 5.97 Å². The lowest BCUT2D eigenvalue weighted by molar-refractivity contribution is 0.0696. The number of aromatic amines is 1. The molecule has 2 heterocycles. The summed E-state index contributed by atoms with van der Waals surface area (Å²) in [5, 5.41) is 8.34. The highest BCUT2D eigenvalue weighted by Crippen LogP contribution is 2.05. The van der Waals surface area contributed by atoms with Crippen molar-refractivity contribution in [1.82, 2.24) is 9.97 Å². The van der Waals surface area contributed by atoms with Crippen molar-refractivity contribution in [3.8, 4) is 0 Å².